The molecule has 0 saturated carbocycles. The first-order valence-electron chi connectivity index (χ1n) is 14.1. The maximum atomic E-state index is 7.58. The van der Waals surface area contributed by atoms with Gasteiger partial charge in [-0.2, -0.15) is 0 Å². The molecule has 6 N–H and O–H groups in total. The fraction of sp³-hybridized carbons (Fsp3) is 0.212. The summed E-state index contributed by atoms with van der Waals surface area (Å²) in [6.45, 7) is 4.14. The van der Waals surface area contributed by atoms with Crippen LogP contribution < -0.4 is 25.8 Å². The summed E-state index contributed by atoms with van der Waals surface area (Å²) in [4.78, 5) is 7.15. The summed E-state index contributed by atoms with van der Waals surface area (Å²) >= 11 is 8.19. The van der Waals surface area contributed by atoms with Crippen molar-refractivity contribution in [1.82, 2.24) is 4.90 Å². The molecule has 1 heterocycles. The third-order valence-electron chi connectivity index (χ3n) is 7.13. The Labute approximate surface area is 261 Å². The summed E-state index contributed by atoms with van der Waals surface area (Å²) < 4.78 is 12.0. The van der Waals surface area contributed by atoms with Crippen LogP contribution in [-0.2, 0) is 0 Å². The van der Waals surface area contributed by atoms with Gasteiger partial charge >= 0.3 is 0 Å². The van der Waals surface area contributed by atoms with E-state index < -0.39 is 0 Å². The van der Waals surface area contributed by atoms with E-state index in [0.717, 1.165) is 54.8 Å². The fourth-order valence-corrected chi connectivity index (χ4v) is 6.12. The normalized spacial score (nSPS) is 12.0. The molecule has 1 aliphatic heterocycles. The lowest BCUT2D eigenvalue weighted by Gasteiger charge is -2.33. The van der Waals surface area contributed by atoms with Gasteiger partial charge in [0.1, 0.15) is 36.4 Å². The number of nitrogen functional groups attached to an aromatic ring is 2. The topological polar surface area (TPSA) is 125 Å². The number of anilines is 2. The number of nitrogens with two attached hydrogens (primary N) is 2. The first-order chi connectivity index (χ1) is 20.9. The molecule has 4 aromatic carbocycles. The van der Waals surface area contributed by atoms with Crippen molar-refractivity contribution in [1.29, 1.82) is 10.8 Å². The molecule has 5 rings (SSSR count). The standard InChI is InChI=1S/C33H35ClN6O2S/c34-25-10-15-31-29(22-25)40(28-4-1-2-5-30(28)43-31)17-3-16-39(18-20-41-26-11-6-23(7-12-26)32(35)36)19-21-42-27-13-8-24(9-14-27)33(37)38/h1-2,4-15,22H,3,16-21H2,(H3,35,36)(H3,37,38). The van der Waals surface area contributed by atoms with Gasteiger partial charge in [-0.25, -0.2) is 0 Å². The SMILES string of the molecule is N=C(N)c1ccc(OCCN(CCCN2c3ccccc3Sc3ccc(Cl)cc32)CCOc2ccc(C(=N)N)cc2)cc1. The van der Waals surface area contributed by atoms with Crippen molar-refractivity contribution in [2.24, 2.45) is 11.5 Å². The van der Waals surface area contributed by atoms with E-state index in [-0.39, 0.29) is 11.7 Å². The molecule has 1 aliphatic rings. The number of ether oxygens (including phenoxy) is 2. The predicted octanol–water partition coefficient (Wildman–Crippen LogP) is 6.36. The zero-order valence-electron chi connectivity index (χ0n) is 23.8. The number of para-hydroxylation sites is 1. The van der Waals surface area contributed by atoms with Crippen molar-refractivity contribution in [3.8, 4) is 11.5 Å². The van der Waals surface area contributed by atoms with Crippen LogP contribution >= 0.6 is 23.4 Å². The number of nitrogens with one attached hydrogen (secondary N) is 2. The zero-order chi connectivity index (χ0) is 30.2. The highest BCUT2D eigenvalue weighted by Crippen LogP contribution is 2.48. The van der Waals surface area contributed by atoms with E-state index in [0.29, 0.717) is 24.3 Å². The Bertz CT molecular complexity index is 1500. The number of amidine groups is 2. The number of fused-ring (bicyclic) bond motifs is 2. The molecule has 0 radical (unpaired) electrons. The average molecular weight is 615 g/mol. The maximum Gasteiger partial charge on any atom is 0.122 e. The Kier molecular flexibility index (Phi) is 10.1. The lowest BCUT2D eigenvalue weighted by atomic mass is 10.2. The number of nitrogens with zero attached hydrogens (tertiary/aromatic N) is 2. The Morgan fingerprint density at radius 2 is 1.28 bits per heavy atom. The largest absolute Gasteiger partial charge is 0.492 e. The second-order valence-corrected chi connectivity index (χ2v) is 11.6. The van der Waals surface area contributed by atoms with Gasteiger partial charge in [0.05, 0.1) is 11.4 Å². The predicted molar refractivity (Wildman–Crippen MR) is 176 cm³/mol. The van der Waals surface area contributed by atoms with Crippen molar-refractivity contribution in [2.45, 2.75) is 16.2 Å². The summed E-state index contributed by atoms with van der Waals surface area (Å²) in [7, 11) is 0. The maximum absolute atomic E-state index is 7.58. The highest BCUT2D eigenvalue weighted by atomic mass is 35.5. The molecule has 0 saturated heterocycles. The first kappa shape index (κ1) is 30.3. The Hall–Kier alpha value is -4.18. The molecule has 8 nitrogen and oxygen atoms in total. The van der Waals surface area contributed by atoms with E-state index in [1.807, 2.05) is 36.4 Å². The van der Waals surface area contributed by atoms with Crippen LogP contribution in [0.15, 0.2) is 101 Å². The minimum atomic E-state index is 0.0356. The third kappa shape index (κ3) is 8.01. The van der Waals surface area contributed by atoms with Gasteiger partial charge < -0.3 is 25.8 Å². The van der Waals surface area contributed by atoms with Crippen LogP contribution in [0.4, 0.5) is 11.4 Å². The van der Waals surface area contributed by atoms with Gasteiger partial charge in [-0.1, -0.05) is 35.5 Å². The summed E-state index contributed by atoms with van der Waals surface area (Å²) in [5.41, 5.74) is 14.8. The minimum Gasteiger partial charge on any atom is -0.492 e. The number of benzene rings is 4. The van der Waals surface area contributed by atoms with Crippen LogP contribution in [0.1, 0.15) is 17.5 Å². The number of hydrogen-bond donors (Lipinski definition) is 4. The summed E-state index contributed by atoms with van der Waals surface area (Å²) in [6.07, 6.45) is 0.922. The van der Waals surface area contributed by atoms with E-state index in [1.54, 1.807) is 36.0 Å². The van der Waals surface area contributed by atoms with Gasteiger partial charge in [-0.15, -0.1) is 0 Å². The van der Waals surface area contributed by atoms with Crippen molar-refractivity contribution < 1.29 is 9.47 Å². The van der Waals surface area contributed by atoms with Gasteiger partial charge in [0, 0.05) is 52.1 Å². The van der Waals surface area contributed by atoms with Gasteiger partial charge in [0.2, 0.25) is 0 Å². The third-order valence-corrected chi connectivity index (χ3v) is 8.49. The second kappa shape index (κ2) is 14.3. The molecule has 0 bridgehead atoms. The average Bonchev–Trinajstić information content (AvgIpc) is 3.01. The molecule has 0 aliphatic carbocycles. The van der Waals surface area contributed by atoms with E-state index in [2.05, 4.69) is 40.1 Å². The number of halogens is 1. The van der Waals surface area contributed by atoms with Gasteiger partial charge in [0.15, 0.2) is 0 Å². The molecular weight excluding hydrogens is 580 g/mol. The van der Waals surface area contributed by atoms with Crippen LogP contribution in [0.2, 0.25) is 5.02 Å². The molecule has 222 valence electrons. The number of hydrogen-bond acceptors (Lipinski definition) is 7. The van der Waals surface area contributed by atoms with Crippen molar-refractivity contribution in [3.05, 3.63) is 107 Å². The van der Waals surface area contributed by atoms with E-state index >= 15 is 0 Å². The molecule has 4 aromatic rings. The van der Waals surface area contributed by atoms with Gasteiger partial charge in [0.25, 0.3) is 0 Å². The molecule has 0 aromatic heterocycles. The van der Waals surface area contributed by atoms with Crippen LogP contribution in [0.3, 0.4) is 0 Å². The lowest BCUT2D eigenvalue weighted by Crippen LogP contribution is -2.35. The highest BCUT2D eigenvalue weighted by molar-refractivity contribution is 7.99. The zero-order valence-corrected chi connectivity index (χ0v) is 25.3. The summed E-state index contributed by atoms with van der Waals surface area (Å²) in [5, 5.41) is 15.9. The lowest BCUT2D eigenvalue weighted by molar-refractivity contribution is 0.176. The van der Waals surface area contributed by atoms with Crippen LogP contribution in [0.5, 0.6) is 11.5 Å². The second-order valence-electron chi connectivity index (χ2n) is 10.1. The molecule has 10 heteroatoms. The van der Waals surface area contributed by atoms with Crippen LogP contribution in [0.25, 0.3) is 0 Å². The Morgan fingerprint density at radius 1 is 0.721 bits per heavy atom. The van der Waals surface area contributed by atoms with Crippen molar-refractivity contribution in [3.63, 3.8) is 0 Å². The van der Waals surface area contributed by atoms with Gasteiger partial charge in [-0.05, 0) is 85.3 Å². The van der Waals surface area contributed by atoms with E-state index in [1.165, 1.54) is 15.5 Å². The van der Waals surface area contributed by atoms with Gasteiger partial charge in [-0.3, -0.25) is 15.7 Å². The van der Waals surface area contributed by atoms with Crippen LogP contribution in [-0.4, -0.2) is 56.0 Å². The molecule has 0 spiro atoms. The number of rotatable bonds is 14. The fourth-order valence-electron chi connectivity index (χ4n) is 4.88. The molecule has 0 fully saturated rings. The van der Waals surface area contributed by atoms with Crippen molar-refractivity contribution >= 4 is 46.4 Å². The van der Waals surface area contributed by atoms with E-state index in [4.69, 9.17) is 43.4 Å². The molecule has 0 atom stereocenters. The Morgan fingerprint density at radius 3 is 1.86 bits per heavy atom. The smallest absolute Gasteiger partial charge is 0.122 e. The van der Waals surface area contributed by atoms with E-state index in [9.17, 15) is 0 Å². The van der Waals surface area contributed by atoms with Crippen LogP contribution in [0, 0.1) is 10.8 Å². The molecule has 43 heavy (non-hydrogen) atoms. The summed E-state index contributed by atoms with van der Waals surface area (Å²) in [6, 6.07) is 29.1. The minimum absolute atomic E-state index is 0.0356. The molecular formula is C33H35ClN6O2S. The molecule has 0 unspecified atom stereocenters. The first-order valence-corrected chi connectivity index (χ1v) is 15.3. The highest BCUT2D eigenvalue weighted by Gasteiger charge is 2.23. The quantitative estimate of drug-likeness (QED) is 0.0962. The summed E-state index contributed by atoms with van der Waals surface area (Å²) in [5.74, 6) is 1.55. The van der Waals surface area contributed by atoms with Crippen molar-refractivity contribution in [2.75, 3.05) is 44.3 Å². The monoisotopic (exact) mass is 614 g/mol. The molecule has 0 amide bonds. The Balaban J connectivity index is 1.22.